The Kier molecular flexibility index (Phi) is 5.72. The summed E-state index contributed by atoms with van der Waals surface area (Å²) < 4.78 is 10.0. The van der Waals surface area contributed by atoms with Gasteiger partial charge in [-0.1, -0.05) is 20.8 Å². The Hall–Kier alpha value is -0.570. The number of carbonyl (C=O) groups excluding carboxylic acids is 1. The molecule has 3 nitrogen and oxygen atoms in total. The van der Waals surface area contributed by atoms with Gasteiger partial charge in [-0.25, -0.2) is 0 Å². The maximum atomic E-state index is 11.0. The van der Waals surface area contributed by atoms with E-state index in [0.717, 1.165) is 6.42 Å². The van der Waals surface area contributed by atoms with Gasteiger partial charge in [-0.2, -0.15) is 0 Å². The van der Waals surface area contributed by atoms with Crippen LogP contribution in [0.1, 0.15) is 27.2 Å². The fraction of sp³-hybridized carbons (Fsp3) is 0.889. The van der Waals surface area contributed by atoms with Crippen molar-refractivity contribution in [2.24, 2.45) is 5.92 Å². The normalized spacial score (nSPS) is 13.1. The minimum Gasteiger partial charge on any atom is -0.463 e. The Labute approximate surface area is 74.0 Å². The van der Waals surface area contributed by atoms with Crippen molar-refractivity contribution in [2.45, 2.75) is 33.3 Å². The van der Waals surface area contributed by atoms with Gasteiger partial charge in [0.1, 0.15) is 6.61 Å². The van der Waals surface area contributed by atoms with Crippen LogP contribution in [0.25, 0.3) is 0 Å². The number of carbonyl (C=O) groups is 1. The number of hydrogen-bond donors (Lipinski definition) is 0. The van der Waals surface area contributed by atoms with Crippen LogP contribution in [0.5, 0.6) is 0 Å². The maximum Gasteiger partial charge on any atom is 0.308 e. The third-order valence-electron chi connectivity index (χ3n) is 1.67. The van der Waals surface area contributed by atoms with E-state index in [2.05, 4.69) is 0 Å². The van der Waals surface area contributed by atoms with E-state index in [1.54, 1.807) is 7.11 Å². The predicted molar refractivity (Wildman–Crippen MR) is 46.9 cm³/mol. The molecule has 3 heteroatoms. The van der Waals surface area contributed by atoms with Crippen molar-refractivity contribution >= 4 is 5.97 Å². The molecule has 0 aromatic carbocycles. The van der Waals surface area contributed by atoms with Gasteiger partial charge in [-0.3, -0.25) is 4.79 Å². The molecule has 0 saturated heterocycles. The summed E-state index contributed by atoms with van der Waals surface area (Å²) in [5.74, 6) is -0.218. The molecule has 0 aromatic heterocycles. The number of esters is 1. The van der Waals surface area contributed by atoms with E-state index in [9.17, 15) is 4.79 Å². The number of ether oxygens (including phenoxy) is 2. The minimum absolute atomic E-state index is 0.0349. The largest absolute Gasteiger partial charge is 0.463 e. The first-order valence-corrected chi connectivity index (χ1v) is 4.31. The van der Waals surface area contributed by atoms with Crippen LogP contribution in [0.15, 0.2) is 0 Å². The maximum absolute atomic E-state index is 11.0. The van der Waals surface area contributed by atoms with Crippen molar-refractivity contribution in [3.8, 4) is 0 Å². The van der Waals surface area contributed by atoms with Crippen molar-refractivity contribution in [1.29, 1.82) is 0 Å². The first-order valence-electron chi connectivity index (χ1n) is 4.31. The van der Waals surface area contributed by atoms with Crippen LogP contribution < -0.4 is 0 Å². The summed E-state index contributed by atoms with van der Waals surface area (Å²) in [6.45, 7) is 5.99. The molecule has 0 aromatic rings. The van der Waals surface area contributed by atoms with Crippen LogP contribution in [0.3, 0.4) is 0 Å². The van der Waals surface area contributed by atoms with Crippen molar-refractivity contribution < 1.29 is 14.3 Å². The molecule has 0 rings (SSSR count). The molecule has 0 aliphatic rings. The summed E-state index contributed by atoms with van der Waals surface area (Å²) in [7, 11) is 1.62. The van der Waals surface area contributed by atoms with E-state index in [4.69, 9.17) is 9.47 Å². The second kappa shape index (κ2) is 6.00. The number of hydrogen-bond acceptors (Lipinski definition) is 3. The van der Waals surface area contributed by atoms with Gasteiger partial charge in [0.05, 0.1) is 12.0 Å². The van der Waals surface area contributed by atoms with Gasteiger partial charge in [0.15, 0.2) is 0 Å². The van der Waals surface area contributed by atoms with Crippen molar-refractivity contribution in [1.82, 2.24) is 0 Å². The molecule has 0 aliphatic heterocycles. The molecule has 0 N–H and O–H groups in total. The van der Waals surface area contributed by atoms with Crippen molar-refractivity contribution in [3.05, 3.63) is 0 Å². The van der Waals surface area contributed by atoms with Gasteiger partial charge in [0, 0.05) is 7.11 Å². The Morgan fingerprint density at radius 2 is 2.00 bits per heavy atom. The molecule has 0 bridgehead atoms. The lowest BCUT2D eigenvalue weighted by Gasteiger charge is -2.13. The highest BCUT2D eigenvalue weighted by molar-refractivity contribution is 5.71. The highest BCUT2D eigenvalue weighted by atomic mass is 16.6. The average molecular weight is 174 g/mol. The van der Waals surface area contributed by atoms with Gasteiger partial charge in [-0.05, 0) is 6.42 Å². The van der Waals surface area contributed by atoms with E-state index < -0.39 is 0 Å². The third-order valence-corrected chi connectivity index (χ3v) is 1.67. The fourth-order valence-electron chi connectivity index (χ4n) is 0.694. The van der Waals surface area contributed by atoms with Crippen molar-refractivity contribution in [2.75, 3.05) is 13.7 Å². The Bertz CT molecular complexity index is 128. The fourth-order valence-corrected chi connectivity index (χ4v) is 0.694. The summed E-state index contributed by atoms with van der Waals surface area (Å²) in [6, 6.07) is 0. The van der Waals surface area contributed by atoms with E-state index >= 15 is 0 Å². The zero-order valence-electron chi connectivity index (χ0n) is 8.29. The lowest BCUT2D eigenvalue weighted by molar-refractivity contribution is -0.150. The smallest absolute Gasteiger partial charge is 0.308 e. The van der Waals surface area contributed by atoms with Gasteiger partial charge in [0.2, 0.25) is 0 Å². The second-order valence-corrected chi connectivity index (χ2v) is 3.05. The van der Waals surface area contributed by atoms with Gasteiger partial charge in [0.25, 0.3) is 0 Å². The van der Waals surface area contributed by atoms with E-state index in [1.807, 2.05) is 20.8 Å². The molecule has 0 radical (unpaired) electrons. The second-order valence-electron chi connectivity index (χ2n) is 3.05. The summed E-state index contributed by atoms with van der Waals surface area (Å²) in [6.07, 6.45) is 0.898. The van der Waals surface area contributed by atoms with Crippen LogP contribution in [0.2, 0.25) is 0 Å². The SMILES string of the molecule is CCC(COC(=O)C(C)C)OC. The molecule has 1 atom stereocenters. The lowest BCUT2D eigenvalue weighted by Crippen LogP contribution is -2.22. The van der Waals surface area contributed by atoms with E-state index in [1.165, 1.54) is 0 Å². The molecule has 0 amide bonds. The van der Waals surface area contributed by atoms with E-state index in [-0.39, 0.29) is 18.0 Å². The quantitative estimate of drug-likeness (QED) is 0.594. The molecule has 0 aliphatic carbocycles. The van der Waals surface area contributed by atoms with Crippen LogP contribution in [0.4, 0.5) is 0 Å². The highest BCUT2D eigenvalue weighted by Crippen LogP contribution is 2.00. The first kappa shape index (κ1) is 11.4. The van der Waals surface area contributed by atoms with Crippen LogP contribution in [-0.4, -0.2) is 25.8 Å². The predicted octanol–water partition coefficient (Wildman–Crippen LogP) is 1.61. The molecular weight excluding hydrogens is 156 g/mol. The Morgan fingerprint density at radius 3 is 2.33 bits per heavy atom. The van der Waals surface area contributed by atoms with E-state index in [0.29, 0.717) is 6.61 Å². The van der Waals surface area contributed by atoms with Crippen LogP contribution >= 0.6 is 0 Å². The van der Waals surface area contributed by atoms with Gasteiger partial charge in [-0.15, -0.1) is 0 Å². The molecule has 12 heavy (non-hydrogen) atoms. The standard InChI is InChI=1S/C9H18O3/c1-5-8(11-4)6-12-9(10)7(2)3/h7-8H,5-6H2,1-4H3. The minimum atomic E-state index is -0.162. The average Bonchev–Trinajstić information content (AvgIpc) is 2.05. The molecule has 72 valence electrons. The zero-order chi connectivity index (χ0) is 9.56. The number of rotatable bonds is 5. The van der Waals surface area contributed by atoms with Gasteiger partial charge < -0.3 is 9.47 Å². The summed E-state index contributed by atoms with van der Waals surface area (Å²) in [4.78, 5) is 11.0. The molecule has 1 unspecified atom stereocenters. The zero-order valence-corrected chi connectivity index (χ0v) is 8.29. The molecule has 0 heterocycles. The topological polar surface area (TPSA) is 35.5 Å². The number of methoxy groups -OCH3 is 1. The summed E-state index contributed by atoms with van der Waals surface area (Å²) >= 11 is 0. The molecule has 0 fully saturated rings. The Morgan fingerprint density at radius 1 is 1.42 bits per heavy atom. The summed E-state index contributed by atoms with van der Waals surface area (Å²) in [5.41, 5.74) is 0. The first-order chi connectivity index (χ1) is 5.61. The van der Waals surface area contributed by atoms with Crippen LogP contribution in [0, 0.1) is 5.92 Å². The Balaban J connectivity index is 3.59. The monoisotopic (exact) mass is 174 g/mol. The molecule has 0 spiro atoms. The van der Waals surface area contributed by atoms with Crippen LogP contribution in [-0.2, 0) is 14.3 Å². The van der Waals surface area contributed by atoms with Crippen molar-refractivity contribution in [3.63, 3.8) is 0 Å². The molecular formula is C9H18O3. The highest BCUT2D eigenvalue weighted by Gasteiger charge is 2.11. The van der Waals surface area contributed by atoms with Gasteiger partial charge >= 0.3 is 5.97 Å². The third kappa shape index (κ3) is 4.34. The lowest BCUT2D eigenvalue weighted by atomic mass is 10.2. The summed E-state index contributed by atoms with van der Waals surface area (Å²) in [5, 5.41) is 0. The molecule has 0 saturated carbocycles.